The van der Waals surface area contributed by atoms with Crippen LogP contribution >= 0.6 is 0 Å². The Morgan fingerprint density at radius 2 is 1.48 bits per heavy atom. The zero-order valence-corrected chi connectivity index (χ0v) is 17.8. The first-order chi connectivity index (χ1) is 9.73. The molecule has 2 radical (unpaired) electrons. The zero-order chi connectivity index (χ0) is 16.2. The number of benzene rings is 1. The van der Waals surface area contributed by atoms with Crippen LogP contribution in [-0.4, -0.2) is 87.2 Å². The smallest absolute Gasteiger partial charge is 0.332 e. The molecule has 0 aliphatic carbocycles. The molecule has 1 aromatic rings. The molecule has 8 heteroatoms. The van der Waals surface area contributed by atoms with Gasteiger partial charge in [-0.25, -0.2) is 9.59 Å². The van der Waals surface area contributed by atoms with E-state index in [1.54, 1.807) is 26.0 Å². The SMILES string of the molecule is CC(C)C(C(=O)O)=C(Cc1ccc(C(N)=O)cc1)C(=O)O.[Na].[Na]. The fourth-order valence-corrected chi connectivity index (χ4v) is 2.00. The fraction of sp³-hybridized carbons (Fsp3) is 0.267. The summed E-state index contributed by atoms with van der Waals surface area (Å²) < 4.78 is 0. The molecule has 0 aromatic heterocycles. The van der Waals surface area contributed by atoms with Gasteiger partial charge in [-0.2, -0.15) is 0 Å². The van der Waals surface area contributed by atoms with Crippen LogP contribution < -0.4 is 5.73 Å². The normalized spacial score (nSPS) is 10.9. The maximum absolute atomic E-state index is 11.3. The van der Waals surface area contributed by atoms with Crippen molar-refractivity contribution in [3.05, 3.63) is 46.5 Å². The topological polar surface area (TPSA) is 118 Å². The predicted octanol–water partition coefficient (Wildman–Crippen LogP) is 0.688. The van der Waals surface area contributed by atoms with Crippen molar-refractivity contribution in [2.75, 3.05) is 0 Å². The Balaban J connectivity index is 0. The number of carboxylic acids is 2. The summed E-state index contributed by atoms with van der Waals surface area (Å²) in [6, 6.07) is 6.07. The standard InChI is InChI=1S/C15H17NO5.2Na/c1-8(2)12(15(20)21)11(14(18)19)7-9-3-5-10(6-4-9)13(16)17;;/h3-6,8H,7H2,1-2H3,(H2,16,17)(H,18,19)(H,20,21);;. The second-order valence-corrected chi connectivity index (χ2v) is 4.90. The van der Waals surface area contributed by atoms with Crippen molar-refractivity contribution >= 4 is 77.0 Å². The molecule has 0 bridgehead atoms. The number of hydrogen-bond acceptors (Lipinski definition) is 3. The monoisotopic (exact) mass is 337 g/mol. The molecule has 114 valence electrons. The van der Waals surface area contributed by atoms with Gasteiger partial charge in [0.15, 0.2) is 0 Å². The van der Waals surface area contributed by atoms with Crippen LogP contribution in [0.1, 0.15) is 29.8 Å². The van der Waals surface area contributed by atoms with E-state index < -0.39 is 23.8 Å². The minimum absolute atomic E-state index is 0. The number of nitrogens with two attached hydrogens (primary N) is 1. The Morgan fingerprint density at radius 3 is 1.78 bits per heavy atom. The number of amides is 1. The second kappa shape index (κ2) is 11.0. The molecule has 0 spiro atoms. The number of primary amides is 1. The molecule has 1 aromatic carbocycles. The molecule has 1 rings (SSSR count). The molecule has 0 saturated carbocycles. The molecule has 0 fully saturated rings. The Morgan fingerprint density at radius 1 is 1.00 bits per heavy atom. The molecule has 1 amide bonds. The number of carbonyl (C=O) groups is 3. The van der Waals surface area contributed by atoms with Crippen molar-refractivity contribution in [3.63, 3.8) is 0 Å². The van der Waals surface area contributed by atoms with Gasteiger partial charge < -0.3 is 15.9 Å². The van der Waals surface area contributed by atoms with Crippen LogP contribution in [0.25, 0.3) is 0 Å². The molecular formula is C15H17NNa2O5. The zero-order valence-electron chi connectivity index (χ0n) is 13.8. The van der Waals surface area contributed by atoms with Crippen LogP contribution in [0.3, 0.4) is 0 Å². The Labute approximate surface area is 178 Å². The van der Waals surface area contributed by atoms with Gasteiger partial charge in [0, 0.05) is 71.1 Å². The maximum Gasteiger partial charge on any atom is 0.332 e. The summed E-state index contributed by atoms with van der Waals surface area (Å²) in [5, 5.41) is 18.4. The molecule has 4 N–H and O–H groups in total. The van der Waals surface area contributed by atoms with Gasteiger partial charge in [-0.05, 0) is 23.6 Å². The summed E-state index contributed by atoms with van der Waals surface area (Å²) in [7, 11) is 0. The van der Waals surface area contributed by atoms with Crippen LogP contribution in [0.15, 0.2) is 35.4 Å². The first-order valence-electron chi connectivity index (χ1n) is 6.32. The molecule has 0 aliphatic heterocycles. The van der Waals surface area contributed by atoms with E-state index in [0.717, 1.165) is 0 Å². The summed E-state index contributed by atoms with van der Waals surface area (Å²) in [5.74, 6) is -3.50. The van der Waals surface area contributed by atoms with E-state index in [1.165, 1.54) is 12.1 Å². The first-order valence-corrected chi connectivity index (χ1v) is 6.32. The number of hydrogen-bond donors (Lipinski definition) is 3. The molecule has 23 heavy (non-hydrogen) atoms. The number of aliphatic carboxylic acids is 2. The average Bonchev–Trinajstić information content (AvgIpc) is 2.37. The molecule has 0 unspecified atom stereocenters. The van der Waals surface area contributed by atoms with Crippen LogP contribution in [-0.2, 0) is 16.0 Å². The summed E-state index contributed by atoms with van der Waals surface area (Å²) in [6.07, 6.45) is -0.0335. The van der Waals surface area contributed by atoms with Crippen LogP contribution in [0.4, 0.5) is 0 Å². The predicted molar refractivity (Wildman–Crippen MR) is 87.3 cm³/mol. The van der Waals surface area contributed by atoms with Crippen molar-refractivity contribution < 1.29 is 24.6 Å². The van der Waals surface area contributed by atoms with Crippen molar-refractivity contribution in [1.29, 1.82) is 0 Å². The Bertz CT molecular complexity index is 609. The van der Waals surface area contributed by atoms with Gasteiger partial charge in [-0.3, -0.25) is 4.79 Å². The van der Waals surface area contributed by atoms with Gasteiger partial charge in [0.05, 0.1) is 11.1 Å². The first kappa shape index (κ1) is 24.6. The number of rotatable bonds is 6. The summed E-state index contributed by atoms with van der Waals surface area (Å²) >= 11 is 0. The van der Waals surface area contributed by atoms with E-state index in [4.69, 9.17) is 5.73 Å². The van der Waals surface area contributed by atoms with Gasteiger partial charge in [-0.15, -0.1) is 0 Å². The third-order valence-corrected chi connectivity index (χ3v) is 3.01. The summed E-state index contributed by atoms with van der Waals surface area (Å²) in [5.41, 5.74) is 5.74. The van der Waals surface area contributed by atoms with Gasteiger partial charge in [0.2, 0.25) is 5.91 Å². The minimum Gasteiger partial charge on any atom is -0.478 e. The largest absolute Gasteiger partial charge is 0.478 e. The van der Waals surface area contributed by atoms with Gasteiger partial charge in [0.25, 0.3) is 0 Å². The van der Waals surface area contributed by atoms with Crippen LogP contribution in [0.5, 0.6) is 0 Å². The van der Waals surface area contributed by atoms with Crippen LogP contribution in [0, 0.1) is 5.92 Å². The average molecular weight is 337 g/mol. The molecular weight excluding hydrogens is 320 g/mol. The third-order valence-electron chi connectivity index (χ3n) is 3.01. The molecule has 0 saturated heterocycles. The molecule has 0 aliphatic rings. The van der Waals surface area contributed by atoms with Gasteiger partial charge in [-0.1, -0.05) is 26.0 Å². The van der Waals surface area contributed by atoms with Gasteiger partial charge >= 0.3 is 11.9 Å². The molecule has 0 heterocycles. The van der Waals surface area contributed by atoms with Crippen molar-refractivity contribution in [3.8, 4) is 0 Å². The van der Waals surface area contributed by atoms with E-state index in [2.05, 4.69) is 0 Å². The van der Waals surface area contributed by atoms with Crippen molar-refractivity contribution in [2.24, 2.45) is 11.7 Å². The third kappa shape index (κ3) is 7.20. The van der Waals surface area contributed by atoms with Crippen molar-refractivity contribution in [2.45, 2.75) is 20.3 Å². The fourth-order valence-electron chi connectivity index (χ4n) is 2.00. The molecule has 0 atom stereocenters. The minimum atomic E-state index is -1.26. The quantitative estimate of drug-likeness (QED) is 0.521. The Hall–Kier alpha value is -0.630. The summed E-state index contributed by atoms with van der Waals surface area (Å²) in [6.45, 7) is 3.26. The van der Waals surface area contributed by atoms with E-state index in [1.807, 2.05) is 0 Å². The maximum atomic E-state index is 11.3. The van der Waals surface area contributed by atoms with Crippen LogP contribution in [0.2, 0.25) is 0 Å². The van der Waals surface area contributed by atoms with E-state index in [-0.39, 0.29) is 76.7 Å². The van der Waals surface area contributed by atoms with E-state index in [0.29, 0.717) is 11.1 Å². The number of carbonyl (C=O) groups excluding carboxylic acids is 1. The van der Waals surface area contributed by atoms with E-state index in [9.17, 15) is 24.6 Å². The number of carboxylic acid groups (broad SMARTS) is 2. The molecule has 6 nitrogen and oxygen atoms in total. The summed E-state index contributed by atoms with van der Waals surface area (Å²) in [4.78, 5) is 33.5. The second-order valence-electron chi connectivity index (χ2n) is 4.90. The van der Waals surface area contributed by atoms with E-state index >= 15 is 0 Å². The van der Waals surface area contributed by atoms with Crippen molar-refractivity contribution in [1.82, 2.24) is 0 Å². The van der Waals surface area contributed by atoms with Gasteiger partial charge in [0.1, 0.15) is 0 Å². The Kier molecular flexibility index (Phi) is 11.8.